The van der Waals surface area contributed by atoms with Crippen molar-refractivity contribution in [3.8, 4) is 6.07 Å². The van der Waals surface area contributed by atoms with Gasteiger partial charge in [-0.05, 0) is 73.2 Å². The molecule has 1 amide bonds. The number of carbonyl (C=O) groups excluding carboxylic acids is 1. The molecule has 32 heavy (non-hydrogen) atoms. The van der Waals surface area contributed by atoms with Crippen molar-refractivity contribution in [2.24, 2.45) is 5.92 Å². The molecule has 1 unspecified atom stereocenters. The van der Waals surface area contributed by atoms with Crippen LogP contribution in [0.1, 0.15) is 39.7 Å². The van der Waals surface area contributed by atoms with E-state index < -0.39 is 21.7 Å². The molecule has 1 aliphatic rings. The van der Waals surface area contributed by atoms with Gasteiger partial charge in [0.15, 0.2) is 0 Å². The van der Waals surface area contributed by atoms with E-state index in [0.29, 0.717) is 16.5 Å². The summed E-state index contributed by atoms with van der Waals surface area (Å²) in [5.41, 5.74) is 1.97. The average Bonchev–Trinajstić information content (AvgIpc) is 3.09. The zero-order chi connectivity index (χ0) is 22.9. The molecule has 0 saturated heterocycles. The number of anilines is 2. The number of sulfonamides is 1. The SMILES string of the molecule is CC1CCc2c(sc(NC(=O)c3cccc(NS(=O)(=O)c4ccc(F)cc4)c3)c2C#N)C1. The molecule has 0 bridgehead atoms. The van der Waals surface area contributed by atoms with Crippen LogP contribution in [0.3, 0.4) is 0 Å². The molecule has 6 nitrogen and oxygen atoms in total. The third-order valence-corrected chi connectivity index (χ3v) is 7.92. The molecule has 1 atom stereocenters. The number of benzene rings is 2. The Labute approximate surface area is 189 Å². The van der Waals surface area contributed by atoms with E-state index in [0.717, 1.165) is 54.0 Å². The fourth-order valence-corrected chi connectivity index (χ4v) is 6.09. The van der Waals surface area contributed by atoms with Gasteiger partial charge in [0.1, 0.15) is 16.9 Å². The topological polar surface area (TPSA) is 99.1 Å². The van der Waals surface area contributed by atoms with Crippen molar-refractivity contribution in [1.29, 1.82) is 5.26 Å². The Morgan fingerprint density at radius 1 is 1.22 bits per heavy atom. The molecular formula is C23H20FN3O3S2. The lowest BCUT2D eigenvalue weighted by atomic mass is 9.88. The Morgan fingerprint density at radius 2 is 1.97 bits per heavy atom. The number of nitriles is 1. The van der Waals surface area contributed by atoms with Gasteiger partial charge in [0.25, 0.3) is 15.9 Å². The monoisotopic (exact) mass is 469 g/mol. The first-order valence-electron chi connectivity index (χ1n) is 10.0. The van der Waals surface area contributed by atoms with Crippen molar-refractivity contribution in [3.63, 3.8) is 0 Å². The first-order chi connectivity index (χ1) is 15.3. The lowest BCUT2D eigenvalue weighted by Gasteiger charge is -2.17. The first kappa shape index (κ1) is 22.0. The number of carbonyl (C=O) groups is 1. The predicted octanol–water partition coefficient (Wildman–Crippen LogP) is 4.94. The van der Waals surface area contributed by atoms with Crippen molar-refractivity contribution in [3.05, 3.63) is 75.9 Å². The molecule has 0 fully saturated rings. The van der Waals surface area contributed by atoms with E-state index in [1.165, 1.54) is 23.5 Å². The van der Waals surface area contributed by atoms with Gasteiger partial charge in [-0.3, -0.25) is 9.52 Å². The Balaban J connectivity index is 1.55. The van der Waals surface area contributed by atoms with Gasteiger partial charge in [0.05, 0.1) is 10.5 Å². The Bertz CT molecular complexity index is 1330. The molecule has 0 spiro atoms. The zero-order valence-corrected chi connectivity index (χ0v) is 18.8. The molecular weight excluding hydrogens is 449 g/mol. The van der Waals surface area contributed by atoms with E-state index in [9.17, 15) is 22.9 Å². The van der Waals surface area contributed by atoms with Crippen LogP contribution in [-0.4, -0.2) is 14.3 Å². The molecule has 4 rings (SSSR count). The minimum atomic E-state index is -3.94. The lowest BCUT2D eigenvalue weighted by molar-refractivity contribution is 0.102. The highest BCUT2D eigenvalue weighted by molar-refractivity contribution is 7.92. The van der Waals surface area contributed by atoms with Crippen LogP contribution in [-0.2, 0) is 22.9 Å². The van der Waals surface area contributed by atoms with Gasteiger partial charge < -0.3 is 5.32 Å². The van der Waals surface area contributed by atoms with E-state index in [2.05, 4.69) is 23.0 Å². The molecule has 0 saturated carbocycles. The normalized spacial score (nSPS) is 15.5. The quantitative estimate of drug-likeness (QED) is 0.553. The second-order valence-corrected chi connectivity index (χ2v) is 10.5. The standard InChI is InChI=1S/C23H20FN3O3S2/c1-14-5-10-19-20(13-25)23(31-21(19)11-14)26-22(28)15-3-2-4-17(12-15)27-32(29,30)18-8-6-16(24)7-9-18/h2-4,6-9,12,14,27H,5,10-11H2,1H3,(H,26,28). The number of nitrogens with one attached hydrogen (secondary N) is 2. The molecule has 3 aromatic rings. The third kappa shape index (κ3) is 4.52. The number of hydrogen-bond acceptors (Lipinski definition) is 5. The lowest BCUT2D eigenvalue weighted by Crippen LogP contribution is -2.15. The highest BCUT2D eigenvalue weighted by atomic mass is 32.2. The van der Waals surface area contributed by atoms with Crippen LogP contribution in [0.5, 0.6) is 0 Å². The van der Waals surface area contributed by atoms with E-state index in [1.54, 1.807) is 12.1 Å². The van der Waals surface area contributed by atoms with Crippen molar-refractivity contribution >= 4 is 38.0 Å². The number of hydrogen-bond donors (Lipinski definition) is 2. The van der Waals surface area contributed by atoms with E-state index >= 15 is 0 Å². The maximum absolute atomic E-state index is 13.1. The maximum atomic E-state index is 13.1. The molecule has 1 heterocycles. The molecule has 2 aromatic carbocycles. The van der Waals surface area contributed by atoms with Gasteiger partial charge in [-0.25, -0.2) is 12.8 Å². The van der Waals surface area contributed by atoms with Gasteiger partial charge >= 0.3 is 0 Å². The average molecular weight is 470 g/mol. The molecule has 0 aliphatic heterocycles. The smallest absolute Gasteiger partial charge is 0.261 e. The van der Waals surface area contributed by atoms with Crippen molar-refractivity contribution in [2.45, 2.75) is 31.1 Å². The van der Waals surface area contributed by atoms with Crippen molar-refractivity contribution in [2.75, 3.05) is 10.0 Å². The van der Waals surface area contributed by atoms with Gasteiger partial charge in [-0.1, -0.05) is 13.0 Å². The van der Waals surface area contributed by atoms with Crippen molar-refractivity contribution < 1.29 is 17.6 Å². The Hall–Kier alpha value is -3.22. The van der Waals surface area contributed by atoms with E-state index in [1.807, 2.05) is 0 Å². The predicted molar refractivity (Wildman–Crippen MR) is 122 cm³/mol. The highest BCUT2D eigenvalue weighted by Crippen LogP contribution is 2.39. The van der Waals surface area contributed by atoms with Crippen LogP contribution in [0.4, 0.5) is 15.1 Å². The largest absolute Gasteiger partial charge is 0.312 e. The minimum absolute atomic E-state index is 0.0918. The second-order valence-electron chi connectivity index (χ2n) is 7.76. The second kappa shape index (κ2) is 8.73. The van der Waals surface area contributed by atoms with Gasteiger partial charge in [0.2, 0.25) is 0 Å². The Kier molecular flexibility index (Phi) is 6.00. The van der Waals surface area contributed by atoms with Crippen LogP contribution in [0.15, 0.2) is 53.4 Å². The summed E-state index contributed by atoms with van der Waals surface area (Å²) in [6, 6.07) is 12.7. The number of fused-ring (bicyclic) bond motifs is 1. The molecule has 9 heteroatoms. The summed E-state index contributed by atoms with van der Waals surface area (Å²) in [5, 5.41) is 13.0. The molecule has 164 valence electrons. The summed E-state index contributed by atoms with van der Waals surface area (Å²) in [5.74, 6) is -0.429. The van der Waals surface area contributed by atoms with Gasteiger partial charge in [-0.15, -0.1) is 11.3 Å². The molecule has 0 radical (unpaired) electrons. The number of nitrogens with zero attached hydrogens (tertiary/aromatic N) is 1. The molecule has 2 N–H and O–H groups in total. The van der Waals surface area contributed by atoms with E-state index in [4.69, 9.17) is 0 Å². The summed E-state index contributed by atoms with van der Waals surface area (Å²) in [7, 11) is -3.94. The first-order valence-corrected chi connectivity index (χ1v) is 12.3. The zero-order valence-electron chi connectivity index (χ0n) is 17.2. The van der Waals surface area contributed by atoms with Crippen molar-refractivity contribution in [1.82, 2.24) is 0 Å². The molecule has 1 aliphatic carbocycles. The van der Waals surface area contributed by atoms with Crippen LogP contribution in [0.2, 0.25) is 0 Å². The van der Waals surface area contributed by atoms with E-state index in [-0.39, 0.29) is 16.1 Å². The summed E-state index contributed by atoms with van der Waals surface area (Å²) in [6.45, 7) is 2.17. The fraction of sp³-hybridized carbons (Fsp3) is 0.217. The summed E-state index contributed by atoms with van der Waals surface area (Å²) >= 11 is 1.43. The fourth-order valence-electron chi connectivity index (χ4n) is 3.68. The Morgan fingerprint density at radius 3 is 2.69 bits per heavy atom. The number of thiophene rings is 1. The summed E-state index contributed by atoms with van der Waals surface area (Å²) < 4.78 is 40.6. The van der Waals surface area contributed by atoms with Crippen LogP contribution in [0, 0.1) is 23.1 Å². The third-order valence-electron chi connectivity index (χ3n) is 5.35. The number of rotatable bonds is 5. The number of halogens is 1. The minimum Gasteiger partial charge on any atom is -0.312 e. The van der Waals surface area contributed by atoms with Gasteiger partial charge in [0, 0.05) is 16.1 Å². The highest BCUT2D eigenvalue weighted by Gasteiger charge is 2.25. The van der Waals surface area contributed by atoms with Crippen LogP contribution >= 0.6 is 11.3 Å². The number of amides is 1. The van der Waals surface area contributed by atoms with Crippen LogP contribution in [0.25, 0.3) is 0 Å². The van der Waals surface area contributed by atoms with Gasteiger partial charge in [-0.2, -0.15) is 5.26 Å². The summed E-state index contributed by atoms with van der Waals surface area (Å²) in [6.07, 6.45) is 2.74. The summed E-state index contributed by atoms with van der Waals surface area (Å²) in [4.78, 5) is 13.9. The maximum Gasteiger partial charge on any atom is 0.261 e. The molecule has 1 aromatic heterocycles. The van der Waals surface area contributed by atoms with Crippen LogP contribution < -0.4 is 10.0 Å².